The van der Waals surface area contributed by atoms with Gasteiger partial charge < -0.3 is 4.74 Å². The molecule has 3 nitrogen and oxygen atoms in total. The van der Waals surface area contributed by atoms with E-state index >= 15 is 0 Å². The second-order valence-corrected chi connectivity index (χ2v) is 10.0. The largest absolute Gasteiger partial charge is 0.494 e. The van der Waals surface area contributed by atoms with Crippen LogP contribution in [-0.4, -0.2) is 22.3 Å². The van der Waals surface area contributed by atoms with Gasteiger partial charge in [-0.3, -0.25) is 0 Å². The summed E-state index contributed by atoms with van der Waals surface area (Å²) in [6, 6.07) is 8.31. The maximum atomic E-state index is 5.91. The second kappa shape index (κ2) is 17.0. The summed E-state index contributed by atoms with van der Waals surface area (Å²) in [7, 11) is 0. The molecule has 0 aliphatic heterocycles. The van der Waals surface area contributed by atoms with E-state index in [2.05, 4.69) is 55.0 Å². The number of hydrogen-bond acceptors (Lipinski definition) is 4. The Bertz CT molecular complexity index is 702. The summed E-state index contributed by atoms with van der Waals surface area (Å²) >= 11 is 1.77. The lowest BCUT2D eigenvalue weighted by Gasteiger charge is -2.09. The quantitative estimate of drug-likeness (QED) is 0.127. The van der Waals surface area contributed by atoms with Gasteiger partial charge in [0, 0.05) is 23.7 Å². The molecule has 2 aromatic rings. The number of thioether (sulfide) groups is 1. The zero-order chi connectivity index (χ0) is 22.9. The molecule has 0 aliphatic carbocycles. The fourth-order valence-corrected chi connectivity index (χ4v) is 4.46. The van der Waals surface area contributed by atoms with Crippen LogP contribution in [0, 0.1) is 5.92 Å². The Morgan fingerprint density at radius 2 is 1.44 bits per heavy atom. The Morgan fingerprint density at radius 1 is 0.781 bits per heavy atom. The van der Waals surface area contributed by atoms with Crippen molar-refractivity contribution in [1.29, 1.82) is 0 Å². The van der Waals surface area contributed by atoms with Gasteiger partial charge in [0.2, 0.25) is 0 Å². The van der Waals surface area contributed by atoms with Crippen LogP contribution in [0.4, 0.5) is 0 Å². The smallest absolute Gasteiger partial charge is 0.187 e. The van der Waals surface area contributed by atoms with Crippen LogP contribution in [0.3, 0.4) is 0 Å². The van der Waals surface area contributed by atoms with Crippen molar-refractivity contribution in [2.45, 2.75) is 103 Å². The van der Waals surface area contributed by atoms with Crippen molar-refractivity contribution in [2.24, 2.45) is 5.92 Å². The molecular weight excluding hydrogens is 412 g/mol. The number of ether oxygens (including phenoxy) is 1. The number of hydrogen-bond donors (Lipinski definition) is 0. The zero-order valence-electron chi connectivity index (χ0n) is 20.7. The highest BCUT2D eigenvalue weighted by molar-refractivity contribution is 7.99. The van der Waals surface area contributed by atoms with Gasteiger partial charge >= 0.3 is 0 Å². The van der Waals surface area contributed by atoms with Gasteiger partial charge in [-0.25, -0.2) is 9.97 Å². The highest BCUT2D eigenvalue weighted by Crippen LogP contribution is 2.23. The molecule has 1 aromatic heterocycles. The second-order valence-electron chi connectivity index (χ2n) is 8.96. The van der Waals surface area contributed by atoms with Crippen LogP contribution in [0.25, 0.3) is 11.1 Å². The molecule has 1 heterocycles. The molecule has 0 amide bonds. The van der Waals surface area contributed by atoms with Crippen LogP contribution >= 0.6 is 11.8 Å². The van der Waals surface area contributed by atoms with Crippen molar-refractivity contribution in [3.8, 4) is 16.9 Å². The van der Waals surface area contributed by atoms with Crippen LogP contribution in [0.1, 0.15) is 97.8 Å². The predicted molar refractivity (Wildman–Crippen MR) is 140 cm³/mol. The van der Waals surface area contributed by atoms with E-state index in [9.17, 15) is 0 Å². The summed E-state index contributed by atoms with van der Waals surface area (Å²) in [5.41, 5.74) is 2.19. The summed E-state index contributed by atoms with van der Waals surface area (Å²) < 4.78 is 5.91. The first-order valence-electron chi connectivity index (χ1n) is 12.9. The minimum Gasteiger partial charge on any atom is -0.494 e. The van der Waals surface area contributed by atoms with Gasteiger partial charge in [-0.05, 0) is 36.5 Å². The minimum absolute atomic E-state index is 0.799. The molecule has 0 spiro atoms. The molecule has 178 valence electrons. The molecule has 0 unspecified atom stereocenters. The standard InChI is InChI=1S/C28H44N2OS/c1-4-6-7-8-9-10-14-21-32-28-29-22-26(23-30-28)25-16-18-27(19-17-25)31-20-13-11-12-15-24(3)5-2/h16-19,22-24H,4-15,20-21H2,1-3H3/t24-/m0/s1. The van der Waals surface area contributed by atoms with Gasteiger partial charge in [0.1, 0.15) is 5.75 Å². The first kappa shape index (κ1) is 26.7. The van der Waals surface area contributed by atoms with Gasteiger partial charge in [-0.1, -0.05) is 109 Å². The number of aromatic nitrogens is 2. The first-order valence-corrected chi connectivity index (χ1v) is 13.9. The summed E-state index contributed by atoms with van der Waals surface area (Å²) in [4.78, 5) is 9.11. The molecule has 0 aliphatic rings. The van der Waals surface area contributed by atoms with Crippen molar-refractivity contribution in [2.75, 3.05) is 12.4 Å². The molecule has 2 rings (SSSR count). The van der Waals surface area contributed by atoms with E-state index in [4.69, 9.17) is 4.74 Å². The van der Waals surface area contributed by atoms with Crippen LogP contribution in [0.2, 0.25) is 0 Å². The van der Waals surface area contributed by atoms with Gasteiger partial charge in [0.15, 0.2) is 5.16 Å². The summed E-state index contributed by atoms with van der Waals surface area (Å²) in [6.45, 7) is 7.68. The lowest BCUT2D eigenvalue weighted by molar-refractivity contribution is 0.302. The number of unbranched alkanes of at least 4 members (excludes halogenated alkanes) is 8. The molecule has 0 saturated heterocycles. The Hall–Kier alpha value is -1.55. The predicted octanol–water partition coefficient (Wildman–Crippen LogP) is 8.97. The van der Waals surface area contributed by atoms with E-state index in [1.54, 1.807) is 11.8 Å². The highest BCUT2D eigenvalue weighted by Gasteiger charge is 2.03. The molecule has 32 heavy (non-hydrogen) atoms. The number of nitrogens with zero attached hydrogens (tertiary/aromatic N) is 2. The third-order valence-electron chi connectivity index (χ3n) is 6.10. The lowest BCUT2D eigenvalue weighted by atomic mass is 10.0. The van der Waals surface area contributed by atoms with E-state index in [-0.39, 0.29) is 0 Å². The van der Waals surface area contributed by atoms with Crippen molar-refractivity contribution >= 4 is 11.8 Å². The SMILES string of the molecule is CCCCCCCCCSc1ncc(-c2ccc(OCCCCC[C@@H](C)CC)cc2)cn1. The summed E-state index contributed by atoms with van der Waals surface area (Å²) in [6.07, 6.45) is 19.6. The van der Waals surface area contributed by atoms with E-state index < -0.39 is 0 Å². The third-order valence-corrected chi connectivity index (χ3v) is 7.06. The van der Waals surface area contributed by atoms with Crippen LogP contribution in [0.15, 0.2) is 41.8 Å². The van der Waals surface area contributed by atoms with Crippen molar-refractivity contribution in [3.05, 3.63) is 36.7 Å². The van der Waals surface area contributed by atoms with Gasteiger partial charge in [0.05, 0.1) is 6.61 Å². The summed E-state index contributed by atoms with van der Waals surface area (Å²) in [5.74, 6) is 2.90. The van der Waals surface area contributed by atoms with Gasteiger partial charge in [-0.2, -0.15) is 0 Å². The minimum atomic E-state index is 0.799. The van der Waals surface area contributed by atoms with E-state index in [1.807, 2.05) is 12.4 Å². The maximum absolute atomic E-state index is 5.91. The average molecular weight is 457 g/mol. The van der Waals surface area contributed by atoms with E-state index in [0.29, 0.717) is 0 Å². The average Bonchev–Trinajstić information content (AvgIpc) is 2.83. The Morgan fingerprint density at radius 3 is 2.12 bits per heavy atom. The fraction of sp³-hybridized carbons (Fsp3) is 0.643. The van der Waals surface area contributed by atoms with Gasteiger partial charge in [0.25, 0.3) is 0 Å². The Labute approximate surface area is 201 Å². The fourth-order valence-electron chi connectivity index (χ4n) is 3.67. The topological polar surface area (TPSA) is 35.0 Å². The zero-order valence-corrected chi connectivity index (χ0v) is 21.5. The molecule has 0 N–H and O–H groups in total. The number of rotatable bonds is 18. The van der Waals surface area contributed by atoms with Crippen LogP contribution in [-0.2, 0) is 0 Å². The molecule has 0 bridgehead atoms. The molecule has 4 heteroatoms. The molecule has 1 atom stereocenters. The Balaban J connectivity index is 1.63. The van der Waals surface area contributed by atoms with Crippen molar-refractivity contribution < 1.29 is 4.74 Å². The van der Waals surface area contributed by atoms with Gasteiger partial charge in [-0.15, -0.1) is 0 Å². The maximum Gasteiger partial charge on any atom is 0.187 e. The Kier molecular flexibility index (Phi) is 14.2. The van der Waals surface area contributed by atoms with Crippen molar-refractivity contribution in [1.82, 2.24) is 9.97 Å². The highest BCUT2D eigenvalue weighted by atomic mass is 32.2. The lowest BCUT2D eigenvalue weighted by Crippen LogP contribution is -1.98. The third kappa shape index (κ3) is 11.4. The molecule has 0 saturated carbocycles. The van der Waals surface area contributed by atoms with Crippen molar-refractivity contribution in [3.63, 3.8) is 0 Å². The van der Waals surface area contributed by atoms with E-state index in [1.165, 1.54) is 70.6 Å². The summed E-state index contributed by atoms with van der Waals surface area (Å²) in [5, 5.41) is 0.882. The normalized spacial score (nSPS) is 12.1. The first-order chi connectivity index (χ1) is 15.7. The number of benzene rings is 1. The molecule has 0 radical (unpaired) electrons. The molecular formula is C28H44N2OS. The van der Waals surface area contributed by atoms with Crippen LogP contribution < -0.4 is 4.74 Å². The monoisotopic (exact) mass is 456 g/mol. The molecule has 0 fully saturated rings. The molecule has 1 aromatic carbocycles. The van der Waals surface area contributed by atoms with E-state index in [0.717, 1.165) is 46.7 Å². The van der Waals surface area contributed by atoms with Crippen LogP contribution in [0.5, 0.6) is 5.75 Å².